The van der Waals surface area contributed by atoms with Gasteiger partial charge in [0.25, 0.3) is 0 Å². The summed E-state index contributed by atoms with van der Waals surface area (Å²) in [6.07, 6.45) is 3.97. The van der Waals surface area contributed by atoms with E-state index in [4.69, 9.17) is 9.47 Å². The molecule has 0 saturated heterocycles. The summed E-state index contributed by atoms with van der Waals surface area (Å²) in [4.78, 5) is 23.2. The Kier molecular flexibility index (Phi) is 6.26. The van der Waals surface area contributed by atoms with Crippen LogP contribution in [0.4, 0.5) is 0 Å². The van der Waals surface area contributed by atoms with Gasteiger partial charge in [0.05, 0.1) is 20.8 Å². The Hall–Kier alpha value is -2.24. The topological polar surface area (TPSA) is 76.7 Å². The van der Waals surface area contributed by atoms with Crippen LogP contribution in [0.3, 0.4) is 0 Å². The number of hydrogen-bond acceptors (Lipinski definition) is 4. The summed E-state index contributed by atoms with van der Waals surface area (Å²) in [6.45, 7) is 0.0612. The number of hydrogen-bond donors (Lipinski definition) is 2. The highest BCUT2D eigenvalue weighted by molar-refractivity contribution is 5.84. The lowest BCUT2D eigenvalue weighted by Crippen LogP contribution is -2.37. The molecule has 1 aliphatic rings. The summed E-state index contributed by atoms with van der Waals surface area (Å²) in [5, 5.41) is 5.48. The molecule has 1 saturated carbocycles. The predicted molar refractivity (Wildman–Crippen MR) is 86.7 cm³/mol. The molecule has 0 aromatic heterocycles. The van der Waals surface area contributed by atoms with Gasteiger partial charge in [-0.1, -0.05) is 6.07 Å². The SMILES string of the molecule is COc1ccc(CCCC(=O)NCC(=O)NC2CC2)cc1OC. The van der Waals surface area contributed by atoms with Crippen LogP contribution in [0.2, 0.25) is 0 Å². The molecule has 2 rings (SSSR count). The van der Waals surface area contributed by atoms with Crippen molar-refractivity contribution >= 4 is 11.8 Å². The quantitative estimate of drug-likeness (QED) is 0.721. The van der Waals surface area contributed by atoms with Gasteiger partial charge in [0.2, 0.25) is 11.8 Å². The Morgan fingerprint density at radius 1 is 1.13 bits per heavy atom. The van der Waals surface area contributed by atoms with Gasteiger partial charge < -0.3 is 20.1 Å². The third kappa shape index (κ3) is 5.81. The van der Waals surface area contributed by atoms with E-state index in [2.05, 4.69) is 10.6 Å². The Balaban J connectivity index is 1.67. The highest BCUT2D eigenvalue weighted by Crippen LogP contribution is 2.28. The van der Waals surface area contributed by atoms with Gasteiger partial charge in [0, 0.05) is 12.5 Å². The maximum Gasteiger partial charge on any atom is 0.239 e. The smallest absolute Gasteiger partial charge is 0.239 e. The minimum absolute atomic E-state index is 0.0612. The van der Waals surface area contributed by atoms with Crippen molar-refractivity contribution in [1.29, 1.82) is 0 Å². The first kappa shape index (κ1) is 17.1. The summed E-state index contributed by atoms with van der Waals surface area (Å²) in [6, 6.07) is 6.06. The summed E-state index contributed by atoms with van der Waals surface area (Å²) in [7, 11) is 3.20. The Morgan fingerprint density at radius 2 is 1.87 bits per heavy atom. The lowest BCUT2D eigenvalue weighted by molar-refractivity contribution is -0.126. The van der Waals surface area contributed by atoms with Crippen LogP contribution in [0.1, 0.15) is 31.2 Å². The second-order valence-corrected chi connectivity index (χ2v) is 5.66. The van der Waals surface area contributed by atoms with Crippen molar-refractivity contribution < 1.29 is 19.1 Å². The fourth-order valence-corrected chi connectivity index (χ4v) is 2.26. The van der Waals surface area contributed by atoms with Crippen LogP contribution in [0.5, 0.6) is 11.5 Å². The normalized spacial score (nSPS) is 13.3. The molecule has 6 heteroatoms. The Labute approximate surface area is 136 Å². The van der Waals surface area contributed by atoms with Crippen LogP contribution < -0.4 is 20.1 Å². The molecule has 0 unspecified atom stereocenters. The standard InChI is InChI=1S/C17H24N2O4/c1-22-14-9-6-12(10-15(14)23-2)4-3-5-16(20)18-11-17(21)19-13-7-8-13/h6,9-10,13H,3-5,7-8,11H2,1-2H3,(H,18,20)(H,19,21). The number of rotatable bonds is 9. The fourth-order valence-electron chi connectivity index (χ4n) is 2.26. The highest BCUT2D eigenvalue weighted by Gasteiger charge is 2.23. The van der Waals surface area contributed by atoms with Crippen LogP contribution in [0, 0.1) is 0 Å². The molecule has 2 N–H and O–H groups in total. The number of carbonyl (C=O) groups excluding carboxylic acids is 2. The molecule has 23 heavy (non-hydrogen) atoms. The van der Waals surface area contributed by atoms with E-state index in [1.807, 2.05) is 18.2 Å². The van der Waals surface area contributed by atoms with Crippen molar-refractivity contribution in [3.05, 3.63) is 23.8 Å². The third-order valence-corrected chi connectivity index (χ3v) is 3.71. The zero-order valence-corrected chi connectivity index (χ0v) is 13.7. The van der Waals surface area contributed by atoms with Gasteiger partial charge in [-0.2, -0.15) is 0 Å². The molecular formula is C17H24N2O4. The van der Waals surface area contributed by atoms with Crippen molar-refractivity contribution in [3.8, 4) is 11.5 Å². The first-order valence-electron chi connectivity index (χ1n) is 7.89. The number of benzene rings is 1. The molecule has 0 atom stereocenters. The van der Waals surface area contributed by atoms with Gasteiger partial charge in [-0.25, -0.2) is 0 Å². The molecule has 126 valence electrons. The first-order valence-corrected chi connectivity index (χ1v) is 7.89. The minimum Gasteiger partial charge on any atom is -0.493 e. The highest BCUT2D eigenvalue weighted by atomic mass is 16.5. The van der Waals surface area contributed by atoms with E-state index in [1.165, 1.54) is 0 Å². The maximum atomic E-state index is 11.7. The molecule has 0 radical (unpaired) electrons. The van der Waals surface area contributed by atoms with Crippen molar-refractivity contribution in [2.45, 2.75) is 38.1 Å². The molecule has 1 fully saturated rings. The summed E-state index contributed by atoms with van der Waals surface area (Å²) in [5.74, 6) is 1.17. The van der Waals surface area contributed by atoms with Crippen molar-refractivity contribution in [1.82, 2.24) is 10.6 Å². The molecule has 0 spiro atoms. The number of methoxy groups -OCH3 is 2. The van der Waals surface area contributed by atoms with E-state index in [9.17, 15) is 9.59 Å². The van der Waals surface area contributed by atoms with E-state index >= 15 is 0 Å². The van der Waals surface area contributed by atoms with E-state index in [1.54, 1.807) is 14.2 Å². The van der Waals surface area contributed by atoms with E-state index in [0.717, 1.165) is 24.8 Å². The summed E-state index contributed by atoms with van der Waals surface area (Å²) in [5.41, 5.74) is 1.09. The average molecular weight is 320 g/mol. The molecule has 6 nitrogen and oxygen atoms in total. The molecule has 0 aliphatic heterocycles. The summed E-state index contributed by atoms with van der Waals surface area (Å²) >= 11 is 0. The molecule has 1 aromatic rings. The number of ether oxygens (including phenoxy) is 2. The molecule has 0 bridgehead atoms. The maximum absolute atomic E-state index is 11.7. The van der Waals surface area contributed by atoms with Gasteiger partial charge >= 0.3 is 0 Å². The number of nitrogens with one attached hydrogen (secondary N) is 2. The molecular weight excluding hydrogens is 296 g/mol. The van der Waals surface area contributed by atoms with Gasteiger partial charge in [-0.05, 0) is 43.4 Å². The zero-order chi connectivity index (χ0) is 16.7. The molecule has 2 amide bonds. The zero-order valence-electron chi connectivity index (χ0n) is 13.7. The molecule has 0 heterocycles. The molecule has 1 aliphatic carbocycles. The third-order valence-electron chi connectivity index (χ3n) is 3.71. The minimum atomic E-state index is -0.110. The lowest BCUT2D eigenvalue weighted by atomic mass is 10.1. The number of carbonyl (C=O) groups is 2. The Morgan fingerprint density at radius 3 is 2.52 bits per heavy atom. The largest absolute Gasteiger partial charge is 0.493 e. The molecule has 1 aromatic carbocycles. The van der Waals surface area contributed by atoms with Crippen LogP contribution in [-0.4, -0.2) is 38.6 Å². The summed E-state index contributed by atoms with van der Waals surface area (Å²) < 4.78 is 10.5. The van der Waals surface area contributed by atoms with Gasteiger partial charge in [0.15, 0.2) is 11.5 Å². The van der Waals surface area contributed by atoms with Crippen molar-refractivity contribution in [2.75, 3.05) is 20.8 Å². The van der Waals surface area contributed by atoms with Gasteiger partial charge in [-0.3, -0.25) is 9.59 Å². The lowest BCUT2D eigenvalue weighted by Gasteiger charge is -2.09. The first-order chi connectivity index (χ1) is 11.1. The van der Waals surface area contributed by atoms with Crippen LogP contribution >= 0.6 is 0 Å². The second kappa shape index (κ2) is 8.41. The number of amides is 2. The average Bonchev–Trinajstić information content (AvgIpc) is 3.36. The van der Waals surface area contributed by atoms with Crippen LogP contribution in [0.25, 0.3) is 0 Å². The van der Waals surface area contributed by atoms with Crippen molar-refractivity contribution in [2.24, 2.45) is 0 Å². The van der Waals surface area contributed by atoms with E-state index in [-0.39, 0.29) is 18.4 Å². The Bertz CT molecular complexity index is 556. The fraction of sp³-hybridized carbons (Fsp3) is 0.529. The number of aryl methyl sites for hydroxylation is 1. The van der Waals surface area contributed by atoms with Crippen LogP contribution in [0.15, 0.2) is 18.2 Å². The van der Waals surface area contributed by atoms with Crippen LogP contribution in [-0.2, 0) is 16.0 Å². The second-order valence-electron chi connectivity index (χ2n) is 5.66. The van der Waals surface area contributed by atoms with E-state index < -0.39 is 0 Å². The monoisotopic (exact) mass is 320 g/mol. The van der Waals surface area contributed by atoms with Crippen molar-refractivity contribution in [3.63, 3.8) is 0 Å². The van der Waals surface area contributed by atoms with Gasteiger partial charge in [0.1, 0.15) is 0 Å². The van der Waals surface area contributed by atoms with E-state index in [0.29, 0.717) is 30.4 Å². The predicted octanol–water partition coefficient (Wildman–Crippen LogP) is 1.42. The van der Waals surface area contributed by atoms with Gasteiger partial charge in [-0.15, -0.1) is 0 Å².